The van der Waals surface area contributed by atoms with Gasteiger partial charge in [-0.1, -0.05) is 24.3 Å². The highest BCUT2D eigenvalue weighted by molar-refractivity contribution is 5.80. The van der Waals surface area contributed by atoms with Crippen LogP contribution < -0.4 is 0 Å². The summed E-state index contributed by atoms with van der Waals surface area (Å²) in [6.45, 7) is 8.20. The molecule has 5 heteroatoms. The first-order chi connectivity index (χ1) is 10.4. The third-order valence-corrected chi connectivity index (χ3v) is 3.08. The van der Waals surface area contributed by atoms with E-state index in [-0.39, 0.29) is 24.8 Å². The van der Waals surface area contributed by atoms with Crippen molar-refractivity contribution in [1.29, 1.82) is 0 Å². The second kappa shape index (κ2) is 8.97. The smallest absolute Gasteiger partial charge is 0.306 e. The summed E-state index contributed by atoms with van der Waals surface area (Å²) in [6, 6.07) is 5.95. The molecule has 0 bridgehead atoms. The van der Waals surface area contributed by atoms with Crippen molar-refractivity contribution in [3.8, 4) is 0 Å². The summed E-state index contributed by atoms with van der Waals surface area (Å²) in [6.07, 6.45) is 0.613. The van der Waals surface area contributed by atoms with Gasteiger partial charge >= 0.3 is 5.97 Å². The van der Waals surface area contributed by atoms with E-state index in [0.717, 1.165) is 11.1 Å². The Balaban J connectivity index is 2.34. The highest BCUT2D eigenvalue weighted by Crippen LogP contribution is 2.06. The first-order valence-electron chi connectivity index (χ1n) is 7.24. The van der Waals surface area contributed by atoms with Crippen LogP contribution in [0.4, 0.5) is 4.39 Å². The van der Waals surface area contributed by atoms with Crippen LogP contribution in [0.2, 0.25) is 0 Å². The Kier molecular flexibility index (Phi) is 7.29. The van der Waals surface area contributed by atoms with Crippen molar-refractivity contribution < 1.29 is 18.7 Å². The number of amides is 1. The molecule has 0 atom stereocenters. The number of carbonyl (C=O) groups excluding carboxylic acids is 2. The third kappa shape index (κ3) is 6.52. The van der Waals surface area contributed by atoms with Crippen molar-refractivity contribution >= 4 is 11.9 Å². The Hall–Kier alpha value is -2.17. The number of halogens is 1. The second-order valence-electron chi connectivity index (χ2n) is 5.15. The van der Waals surface area contributed by atoms with Gasteiger partial charge in [-0.15, -0.1) is 0 Å². The first-order valence-corrected chi connectivity index (χ1v) is 7.24. The average molecular weight is 307 g/mol. The molecule has 1 aromatic rings. The maximum Gasteiger partial charge on any atom is 0.306 e. The number of hydrogen-bond acceptors (Lipinski definition) is 3. The minimum atomic E-state index is -0.441. The molecule has 0 aliphatic carbocycles. The van der Waals surface area contributed by atoms with Crippen LogP contribution in [0.5, 0.6) is 0 Å². The lowest BCUT2D eigenvalue weighted by atomic mass is 10.1. The van der Waals surface area contributed by atoms with Gasteiger partial charge in [0.05, 0.1) is 0 Å². The molecule has 0 fully saturated rings. The van der Waals surface area contributed by atoms with E-state index in [1.54, 1.807) is 17.0 Å². The van der Waals surface area contributed by atoms with E-state index in [9.17, 15) is 14.0 Å². The summed E-state index contributed by atoms with van der Waals surface area (Å²) in [7, 11) is 0. The Morgan fingerprint density at radius 1 is 1.27 bits per heavy atom. The van der Waals surface area contributed by atoms with Crippen LogP contribution in [0.3, 0.4) is 0 Å². The zero-order valence-corrected chi connectivity index (χ0v) is 13.1. The van der Waals surface area contributed by atoms with Gasteiger partial charge in [-0.05, 0) is 38.0 Å². The van der Waals surface area contributed by atoms with Gasteiger partial charge in [-0.25, -0.2) is 4.39 Å². The van der Waals surface area contributed by atoms with Crippen molar-refractivity contribution in [3.05, 3.63) is 47.8 Å². The molecule has 0 saturated carbocycles. The van der Waals surface area contributed by atoms with Crippen LogP contribution >= 0.6 is 0 Å². The van der Waals surface area contributed by atoms with Crippen molar-refractivity contribution in [1.82, 2.24) is 4.90 Å². The maximum absolute atomic E-state index is 12.8. The molecule has 0 N–H and O–H groups in total. The van der Waals surface area contributed by atoms with Crippen LogP contribution in [-0.4, -0.2) is 36.5 Å². The number of ether oxygens (including phenoxy) is 1. The van der Waals surface area contributed by atoms with Crippen LogP contribution in [0.1, 0.15) is 25.8 Å². The molecule has 1 rings (SSSR count). The van der Waals surface area contributed by atoms with E-state index < -0.39 is 5.97 Å². The molecule has 22 heavy (non-hydrogen) atoms. The van der Waals surface area contributed by atoms with Crippen molar-refractivity contribution in [2.45, 2.75) is 26.7 Å². The topological polar surface area (TPSA) is 46.6 Å². The molecule has 1 amide bonds. The lowest BCUT2D eigenvalue weighted by Gasteiger charge is -2.20. The van der Waals surface area contributed by atoms with Crippen LogP contribution in [-0.2, 0) is 20.7 Å². The number of esters is 1. The second-order valence-corrected chi connectivity index (χ2v) is 5.15. The molecule has 0 aromatic heterocycles. The summed E-state index contributed by atoms with van der Waals surface area (Å²) in [4.78, 5) is 25.1. The largest absolute Gasteiger partial charge is 0.456 e. The van der Waals surface area contributed by atoms with Crippen LogP contribution in [0, 0.1) is 5.82 Å². The van der Waals surface area contributed by atoms with Crippen molar-refractivity contribution in [3.63, 3.8) is 0 Å². The minimum Gasteiger partial charge on any atom is -0.456 e. The highest BCUT2D eigenvalue weighted by atomic mass is 19.1. The van der Waals surface area contributed by atoms with Crippen LogP contribution in [0.25, 0.3) is 0 Å². The SMILES string of the molecule is C=C(C)CN(CC)C(=O)COC(=O)CCc1ccc(F)cc1. The number of nitrogens with zero attached hydrogens (tertiary/aromatic N) is 1. The summed E-state index contributed by atoms with van der Waals surface area (Å²) in [5.41, 5.74) is 1.72. The minimum absolute atomic E-state index is 0.158. The van der Waals surface area contributed by atoms with E-state index in [1.807, 2.05) is 13.8 Å². The summed E-state index contributed by atoms with van der Waals surface area (Å²) >= 11 is 0. The Morgan fingerprint density at radius 2 is 1.91 bits per heavy atom. The molecule has 0 aliphatic rings. The summed E-state index contributed by atoms with van der Waals surface area (Å²) < 4.78 is 17.7. The number of aryl methyl sites for hydroxylation is 1. The van der Waals surface area contributed by atoms with Gasteiger partial charge in [0, 0.05) is 19.5 Å². The Morgan fingerprint density at radius 3 is 2.45 bits per heavy atom. The fourth-order valence-corrected chi connectivity index (χ4v) is 1.91. The number of likely N-dealkylation sites (N-methyl/N-ethyl adjacent to an activating group) is 1. The van der Waals surface area contributed by atoms with Gasteiger partial charge in [0.1, 0.15) is 5.82 Å². The quantitative estimate of drug-likeness (QED) is 0.548. The lowest BCUT2D eigenvalue weighted by Crippen LogP contribution is -2.35. The van der Waals surface area contributed by atoms with Crippen molar-refractivity contribution in [2.75, 3.05) is 19.7 Å². The number of rotatable bonds is 8. The molecule has 4 nitrogen and oxygen atoms in total. The highest BCUT2D eigenvalue weighted by Gasteiger charge is 2.14. The summed E-state index contributed by atoms with van der Waals surface area (Å²) in [5, 5.41) is 0. The zero-order valence-electron chi connectivity index (χ0n) is 13.1. The predicted molar refractivity (Wildman–Crippen MR) is 82.7 cm³/mol. The van der Waals surface area contributed by atoms with Gasteiger partial charge < -0.3 is 9.64 Å². The van der Waals surface area contributed by atoms with E-state index in [0.29, 0.717) is 19.5 Å². The average Bonchev–Trinajstić information content (AvgIpc) is 2.49. The third-order valence-electron chi connectivity index (χ3n) is 3.08. The molecule has 0 spiro atoms. The molecular formula is C17H22FNO3. The molecule has 0 saturated heterocycles. The maximum atomic E-state index is 12.8. The zero-order chi connectivity index (χ0) is 16.5. The number of benzene rings is 1. The fraction of sp³-hybridized carbons (Fsp3) is 0.412. The van der Waals surface area contributed by atoms with Crippen molar-refractivity contribution in [2.24, 2.45) is 0 Å². The molecule has 0 heterocycles. The normalized spacial score (nSPS) is 10.1. The molecule has 0 unspecified atom stereocenters. The molecule has 120 valence electrons. The lowest BCUT2D eigenvalue weighted by molar-refractivity contribution is -0.151. The van der Waals surface area contributed by atoms with Gasteiger partial charge in [-0.2, -0.15) is 0 Å². The predicted octanol–water partition coefficient (Wildman–Crippen LogP) is 2.73. The van der Waals surface area contributed by atoms with Gasteiger partial charge in [0.2, 0.25) is 0 Å². The van der Waals surface area contributed by atoms with Gasteiger partial charge in [0.25, 0.3) is 5.91 Å². The van der Waals surface area contributed by atoms with Crippen LogP contribution in [0.15, 0.2) is 36.4 Å². The van der Waals surface area contributed by atoms with E-state index >= 15 is 0 Å². The van der Waals surface area contributed by atoms with E-state index in [2.05, 4.69) is 6.58 Å². The monoisotopic (exact) mass is 307 g/mol. The molecule has 1 aromatic carbocycles. The first kappa shape index (κ1) is 17.9. The van der Waals surface area contributed by atoms with E-state index in [1.165, 1.54) is 12.1 Å². The number of carbonyl (C=O) groups is 2. The molecule has 0 radical (unpaired) electrons. The summed E-state index contributed by atoms with van der Waals surface area (Å²) in [5.74, 6) is -0.987. The van der Waals surface area contributed by atoms with Gasteiger partial charge in [-0.3, -0.25) is 9.59 Å². The standard InChI is InChI=1S/C17H22FNO3/c1-4-19(11-13(2)3)16(20)12-22-17(21)10-7-14-5-8-15(18)9-6-14/h5-6,8-9H,2,4,7,10-12H2,1,3H3. The molecule has 0 aliphatic heterocycles. The Labute approximate surface area is 130 Å². The Bertz CT molecular complexity index is 525. The number of hydrogen-bond donors (Lipinski definition) is 0. The molecular weight excluding hydrogens is 285 g/mol. The van der Waals surface area contributed by atoms with Gasteiger partial charge in [0.15, 0.2) is 6.61 Å². The van der Waals surface area contributed by atoms with E-state index in [4.69, 9.17) is 4.74 Å². The fourth-order valence-electron chi connectivity index (χ4n) is 1.91.